The van der Waals surface area contributed by atoms with E-state index in [0.717, 1.165) is 77.4 Å². The number of rotatable bonds is 6. The largest absolute Gasteiger partial charge is 0.497 e. The highest BCUT2D eigenvalue weighted by molar-refractivity contribution is 7.87. The van der Waals surface area contributed by atoms with Crippen molar-refractivity contribution < 1.29 is 22.7 Å². The minimum Gasteiger partial charge on any atom is -0.497 e. The van der Waals surface area contributed by atoms with Gasteiger partial charge in [0.2, 0.25) is 5.91 Å². The number of benzene rings is 2. The maximum atomic E-state index is 15.0. The number of aromatic nitrogens is 1. The highest BCUT2D eigenvalue weighted by Crippen LogP contribution is 2.66. The van der Waals surface area contributed by atoms with Crippen LogP contribution in [0.5, 0.6) is 5.75 Å². The molecule has 4 heterocycles. The predicted molar refractivity (Wildman–Crippen MR) is 188 cm³/mol. The number of fused-ring (bicyclic) bond motifs is 9. The summed E-state index contributed by atoms with van der Waals surface area (Å²) >= 11 is 0. The summed E-state index contributed by atoms with van der Waals surface area (Å²) < 4.78 is 36.4. The molecule has 0 spiro atoms. The molecule has 2 aliphatic carbocycles. The fourth-order valence-corrected chi connectivity index (χ4v) is 9.93. The molecule has 4 unspecified atom stereocenters. The Hall–Kier alpha value is -3.12. The van der Waals surface area contributed by atoms with Crippen LogP contribution in [0.25, 0.3) is 22.2 Å². The van der Waals surface area contributed by atoms with E-state index in [1.165, 1.54) is 44.5 Å². The number of nitrogens with zero attached hydrogens (tertiary/aromatic N) is 4. The van der Waals surface area contributed by atoms with Gasteiger partial charge in [-0.25, -0.2) is 4.72 Å². The second-order valence-electron chi connectivity index (χ2n) is 14.8. The molecule has 0 radical (unpaired) electrons. The molecule has 2 amide bonds. The summed E-state index contributed by atoms with van der Waals surface area (Å²) in [6.07, 6.45) is 8.64. The third kappa shape index (κ3) is 5.15. The van der Waals surface area contributed by atoms with Crippen molar-refractivity contribution in [3.8, 4) is 17.0 Å². The summed E-state index contributed by atoms with van der Waals surface area (Å²) in [5.74, 6) is 0.822. The van der Waals surface area contributed by atoms with Crippen LogP contribution in [0.3, 0.4) is 0 Å². The van der Waals surface area contributed by atoms with E-state index < -0.39 is 21.5 Å². The summed E-state index contributed by atoms with van der Waals surface area (Å²) in [7, 11) is 2.67. The van der Waals surface area contributed by atoms with E-state index in [2.05, 4.69) is 38.3 Å². The van der Waals surface area contributed by atoms with Gasteiger partial charge in [-0.1, -0.05) is 25.3 Å². The van der Waals surface area contributed by atoms with Gasteiger partial charge in [-0.15, -0.1) is 12.4 Å². The van der Waals surface area contributed by atoms with Gasteiger partial charge in [0.05, 0.1) is 18.2 Å². The van der Waals surface area contributed by atoms with Crippen LogP contribution >= 0.6 is 12.4 Å². The number of hydrogen-bond acceptors (Lipinski definition) is 6. The van der Waals surface area contributed by atoms with Crippen LogP contribution in [0.1, 0.15) is 84.7 Å². The number of nitrogens with one attached hydrogen (secondary N) is 1. The normalized spacial score (nSPS) is 26.7. The van der Waals surface area contributed by atoms with Gasteiger partial charge >= 0.3 is 10.2 Å². The Morgan fingerprint density at radius 1 is 0.979 bits per heavy atom. The predicted octanol–water partition coefficient (Wildman–Crippen LogP) is 5.11. The second-order valence-corrected chi connectivity index (χ2v) is 16.7. The number of likely N-dealkylation sites (N-methyl/N-ethyl adjacent to an activating group) is 1. The number of amides is 2. The molecule has 2 saturated heterocycles. The van der Waals surface area contributed by atoms with Gasteiger partial charge in [0.1, 0.15) is 5.75 Å². The first-order valence-electron chi connectivity index (χ1n) is 17.1. The minimum absolute atomic E-state index is 0. The molecule has 2 aromatic carbocycles. The number of methoxy groups -OCH3 is 1. The maximum Gasteiger partial charge on any atom is 0.303 e. The van der Waals surface area contributed by atoms with Crippen LogP contribution in [-0.4, -0.2) is 92.3 Å². The summed E-state index contributed by atoms with van der Waals surface area (Å²) in [5, 5.41) is 1.09. The summed E-state index contributed by atoms with van der Waals surface area (Å²) in [4.78, 5) is 33.0. The van der Waals surface area contributed by atoms with E-state index in [4.69, 9.17) is 4.74 Å². The molecule has 2 bridgehead atoms. The number of ether oxygens (including phenoxy) is 1. The zero-order valence-electron chi connectivity index (χ0n) is 28.2. The molecule has 4 atom stereocenters. The van der Waals surface area contributed by atoms with Crippen molar-refractivity contribution in [2.24, 2.45) is 5.41 Å². The van der Waals surface area contributed by atoms with Gasteiger partial charge in [-0.2, -0.15) is 12.7 Å². The van der Waals surface area contributed by atoms with Crippen molar-refractivity contribution in [2.45, 2.75) is 81.8 Å². The summed E-state index contributed by atoms with van der Waals surface area (Å²) in [6.45, 7) is 2.34. The number of carbonyl (C=O) groups excluding carboxylic acids is 2. The Balaban J connectivity index is 0.00000364. The molecule has 12 heteroatoms. The highest BCUT2D eigenvalue weighted by atomic mass is 35.5. The number of piperazine rings is 1. The maximum absolute atomic E-state index is 15.0. The highest BCUT2D eigenvalue weighted by Gasteiger charge is 2.65. The van der Waals surface area contributed by atoms with Gasteiger partial charge in [-0.3, -0.25) is 9.59 Å². The molecular formula is C36H46ClN5O5S. The van der Waals surface area contributed by atoms with Crippen molar-refractivity contribution in [3.05, 3.63) is 53.1 Å². The van der Waals surface area contributed by atoms with Crippen molar-refractivity contribution in [3.63, 3.8) is 0 Å². The first-order chi connectivity index (χ1) is 22.5. The van der Waals surface area contributed by atoms with Crippen molar-refractivity contribution >= 4 is 45.3 Å². The third-order valence-electron chi connectivity index (χ3n) is 11.8. The SMILES string of the molecule is COc1ccc2c(c1)C1CC1(C(=O)N1C3CCC1CN(C)C3)Cn1c-2c(C2CCCCC2)c2ccc(C(=O)NS(=O)(=O)N(C)C)cc21.Cl. The smallest absolute Gasteiger partial charge is 0.303 e. The first kappa shape index (κ1) is 33.4. The van der Waals surface area contributed by atoms with Gasteiger partial charge < -0.3 is 19.1 Å². The number of hydrogen-bond donors (Lipinski definition) is 1. The lowest BCUT2D eigenvalue weighted by Gasteiger charge is -2.41. The number of likely N-dealkylation sites (tertiary alicyclic amines) is 1. The zero-order chi connectivity index (χ0) is 32.8. The monoisotopic (exact) mass is 695 g/mol. The van der Waals surface area contributed by atoms with Crippen LogP contribution in [0.15, 0.2) is 36.4 Å². The number of carbonyl (C=O) groups is 2. The minimum atomic E-state index is -3.96. The first-order valence-corrected chi connectivity index (χ1v) is 18.6. The van der Waals surface area contributed by atoms with E-state index in [0.29, 0.717) is 12.5 Å². The molecular weight excluding hydrogens is 650 g/mol. The van der Waals surface area contributed by atoms with Crippen LogP contribution in [0, 0.1) is 5.41 Å². The molecule has 8 rings (SSSR count). The van der Waals surface area contributed by atoms with Crippen LogP contribution < -0.4 is 9.46 Å². The summed E-state index contributed by atoms with van der Waals surface area (Å²) in [5.41, 5.74) is 5.33. The van der Waals surface area contributed by atoms with E-state index >= 15 is 0 Å². The Morgan fingerprint density at radius 3 is 2.35 bits per heavy atom. The average Bonchev–Trinajstić information content (AvgIpc) is 3.64. The van der Waals surface area contributed by atoms with Crippen molar-refractivity contribution in [1.29, 1.82) is 0 Å². The van der Waals surface area contributed by atoms with Crippen molar-refractivity contribution in [1.82, 2.24) is 23.4 Å². The van der Waals surface area contributed by atoms with E-state index in [-0.39, 0.29) is 41.9 Å². The quantitative estimate of drug-likeness (QED) is 0.384. The Kier molecular flexibility index (Phi) is 8.37. The Labute approximate surface area is 289 Å². The molecule has 1 aromatic heterocycles. The average molecular weight is 696 g/mol. The zero-order valence-corrected chi connectivity index (χ0v) is 29.8. The summed E-state index contributed by atoms with van der Waals surface area (Å²) in [6, 6.07) is 12.4. The van der Waals surface area contributed by atoms with Crippen LogP contribution in [-0.2, 0) is 21.5 Å². The molecule has 10 nitrogen and oxygen atoms in total. The molecule has 4 fully saturated rings. The standard InChI is InChI=1S/C36H45N5O5S.ClH/c1-38(2)47(44,45)37-34(42)23-10-14-28-31(16-23)40-21-36(35(43)41-24-11-12-25(41)20-39(3)19-24)18-30(36)29-17-26(46-4)13-15-27(29)33(40)32(28)22-8-6-5-7-9-22;/h10,13-17,22,24-25,30H,5-9,11-12,18-21H2,1-4H3,(H,37,42);1H. The topological polar surface area (TPSA) is 104 Å². The van der Waals surface area contributed by atoms with E-state index in [1.54, 1.807) is 13.2 Å². The fourth-order valence-electron chi connectivity index (χ4n) is 9.39. The molecule has 5 aliphatic rings. The lowest BCUT2D eigenvalue weighted by Crippen LogP contribution is -2.57. The van der Waals surface area contributed by atoms with Gasteiger partial charge in [0.15, 0.2) is 0 Å². The van der Waals surface area contributed by atoms with Gasteiger partial charge in [-0.05, 0) is 86.5 Å². The van der Waals surface area contributed by atoms with E-state index in [1.807, 2.05) is 18.2 Å². The van der Waals surface area contributed by atoms with Gasteiger partial charge in [0, 0.05) is 73.8 Å². The van der Waals surface area contributed by atoms with E-state index in [9.17, 15) is 18.0 Å². The van der Waals surface area contributed by atoms with Gasteiger partial charge in [0.25, 0.3) is 5.91 Å². The molecule has 48 heavy (non-hydrogen) atoms. The Bertz CT molecular complexity index is 1890. The molecule has 258 valence electrons. The fraction of sp³-hybridized carbons (Fsp3) is 0.556. The second kappa shape index (κ2) is 12.0. The Morgan fingerprint density at radius 2 is 1.69 bits per heavy atom. The third-order valence-corrected chi connectivity index (χ3v) is 13.2. The molecule has 2 saturated carbocycles. The van der Waals surface area contributed by atoms with Crippen LogP contribution in [0.2, 0.25) is 0 Å². The lowest BCUT2D eigenvalue weighted by atomic mass is 9.81. The number of halogens is 1. The molecule has 3 aliphatic heterocycles. The lowest BCUT2D eigenvalue weighted by molar-refractivity contribution is -0.143. The molecule has 1 N–H and O–H groups in total. The van der Waals surface area contributed by atoms with Crippen molar-refractivity contribution in [2.75, 3.05) is 41.3 Å². The molecule has 3 aromatic rings. The van der Waals surface area contributed by atoms with Crippen LogP contribution in [0.4, 0.5) is 0 Å².